The largest absolute Gasteiger partial charge is 0.386 e. The number of aliphatic hydroxyl groups excluding tert-OH is 1. The topological polar surface area (TPSA) is 37.3 Å². The lowest BCUT2D eigenvalue weighted by molar-refractivity contribution is -0.171. The minimum absolute atomic E-state index is 0.541. The molecule has 0 spiro atoms. The van der Waals surface area contributed by atoms with Gasteiger partial charge in [-0.2, -0.15) is 8.78 Å². The fraction of sp³-hybridized carbons (Fsp3) is 0.917. The second kappa shape index (κ2) is 5.21. The Kier molecular flexibility index (Phi) is 4.42. The van der Waals surface area contributed by atoms with Crippen molar-refractivity contribution in [2.24, 2.45) is 11.8 Å². The summed E-state index contributed by atoms with van der Waals surface area (Å²) in [4.78, 5) is 11.7. The Labute approximate surface area is 95.0 Å². The molecule has 1 saturated carbocycles. The minimum atomic E-state index is -3.59. The summed E-state index contributed by atoms with van der Waals surface area (Å²) in [5.74, 6) is -5.82. The maximum Gasteiger partial charge on any atom is 0.330 e. The number of hydrogen-bond acceptors (Lipinski definition) is 2. The van der Waals surface area contributed by atoms with E-state index in [0.717, 1.165) is 19.3 Å². The Balaban J connectivity index is 2.70. The van der Waals surface area contributed by atoms with Gasteiger partial charge in [-0.05, 0) is 18.8 Å². The van der Waals surface area contributed by atoms with Gasteiger partial charge in [0.15, 0.2) is 0 Å². The van der Waals surface area contributed by atoms with Crippen molar-refractivity contribution in [3.05, 3.63) is 0 Å². The zero-order valence-electron chi connectivity index (χ0n) is 9.88. The van der Waals surface area contributed by atoms with Crippen LogP contribution >= 0.6 is 0 Å². The van der Waals surface area contributed by atoms with Gasteiger partial charge in [-0.15, -0.1) is 0 Å². The third-order valence-corrected chi connectivity index (χ3v) is 3.31. The smallest absolute Gasteiger partial charge is 0.330 e. The molecule has 1 aliphatic rings. The molecule has 1 atom stereocenters. The number of aliphatic hydroxyl groups is 1. The molecule has 0 bridgehead atoms. The van der Waals surface area contributed by atoms with Crippen LogP contribution in [0.1, 0.15) is 46.0 Å². The summed E-state index contributed by atoms with van der Waals surface area (Å²) in [5.41, 5.74) is 0. The third-order valence-electron chi connectivity index (χ3n) is 3.31. The first-order valence-corrected chi connectivity index (χ1v) is 5.97. The van der Waals surface area contributed by atoms with Gasteiger partial charge in [0.2, 0.25) is 5.78 Å². The molecular weight excluding hydrogens is 214 g/mol. The van der Waals surface area contributed by atoms with E-state index >= 15 is 0 Å². The number of Topliss-reactive ketones (excluding diaryl/α,β-unsaturated/α-hetero) is 1. The summed E-state index contributed by atoms with van der Waals surface area (Å²) >= 11 is 0. The van der Waals surface area contributed by atoms with Crippen LogP contribution in [-0.4, -0.2) is 22.9 Å². The van der Waals surface area contributed by atoms with E-state index < -0.39 is 29.6 Å². The molecule has 1 rings (SSSR count). The summed E-state index contributed by atoms with van der Waals surface area (Å²) in [6, 6.07) is 0. The van der Waals surface area contributed by atoms with Crippen LogP contribution in [0.2, 0.25) is 0 Å². The number of carbonyl (C=O) groups is 1. The van der Waals surface area contributed by atoms with E-state index in [-0.39, 0.29) is 0 Å². The Morgan fingerprint density at radius 1 is 1.25 bits per heavy atom. The fourth-order valence-corrected chi connectivity index (χ4v) is 2.20. The van der Waals surface area contributed by atoms with Gasteiger partial charge in [-0.25, -0.2) is 0 Å². The van der Waals surface area contributed by atoms with E-state index in [1.807, 2.05) is 0 Å². The molecule has 16 heavy (non-hydrogen) atoms. The monoisotopic (exact) mass is 234 g/mol. The molecule has 1 unspecified atom stereocenters. The van der Waals surface area contributed by atoms with Crippen molar-refractivity contribution in [1.82, 2.24) is 0 Å². The molecule has 0 amide bonds. The van der Waals surface area contributed by atoms with Crippen molar-refractivity contribution in [2.45, 2.75) is 58.0 Å². The highest BCUT2D eigenvalue weighted by Gasteiger charge is 2.49. The molecule has 0 saturated heterocycles. The van der Waals surface area contributed by atoms with E-state index in [1.54, 1.807) is 0 Å². The van der Waals surface area contributed by atoms with E-state index in [1.165, 1.54) is 13.8 Å². The van der Waals surface area contributed by atoms with Gasteiger partial charge in [-0.3, -0.25) is 4.79 Å². The molecule has 0 aromatic carbocycles. The highest BCUT2D eigenvalue weighted by Crippen LogP contribution is 2.34. The summed E-state index contributed by atoms with van der Waals surface area (Å²) in [7, 11) is 0. The van der Waals surface area contributed by atoms with Gasteiger partial charge in [-0.1, -0.05) is 33.1 Å². The first kappa shape index (κ1) is 13.6. The van der Waals surface area contributed by atoms with Crippen LogP contribution in [0.25, 0.3) is 0 Å². The van der Waals surface area contributed by atoms with Crippen molar-refractivity contribution in [3.63, 3.8) is 0 Å². The Morgan fingerprint density at radius 3 is 2.19 bits per heavy atom. The number of carbonyl (C=O) groups excluding carboxylic acids is 1. The van der Waals surface area contributed by atoms with Crippen molar-refractivity contribution in [3.8, 4) is 0 Å². The van der Waals surface area contributed by atoms with Crippen LogP contribution in [-0.2, 0) is 4.79 Å². The number of hydrogen-bond donors (Lipinski definition) is 1. The highest BCUT2D eigenvalue weighted by molar-refractivity contribution is 5.88. The Hall–Kier alpha value is -0.510. The van der Waals surface area contributed by atoms with E-state index in [2.05, 4.69) is 0 Å². The highest BCUT2D eigenvalue weighted by atomic mass is 19.3. The molecular formula is C12H20F2O2. The Morgan fingerprint density at radius 2 is 1.75 bits per heavy atom. The molecule has 0 aromatic heterocycles. The predicted octanol–water partition coefficient (Wildman–Crippen LogP) is 2.79. The number of halogens is 2. The lowest BCUT2D eigenvalue weighted by Crippen LogP contribution is -2.47. The van der Waals surface area contributed by atoms with Crippen LogP contribution in [0.4, 0.5) is 8.78 Å². The first-order chi connectivity index (χ1) is 7.37. The van der Waals surface area contributed by atoms with Crippen LogP contribution in [0.15, 0.2) is 0 Å². The van der Waals surface area contributed by atoms with Gasteiger partial charge >= 0.3 is 5.92 Å². The minimum Gasteiger partial charge on any atom is -0.386 e. The zero-order chi connectivity index (χ0) is 12.3. The van der Waals surface area contributed by atoms with E-state index in [4.69, 9.17) is 0 Å². The zero-order valence-corrected chi connectivity index (χ0v) is 9.88. The summed E-state index contributed by atoms with van der Waals surface area (Å²) < 4.78 is 27.3. The molecule has 1 fully saturated rings. The van der Waals surface area contributed by atoms with Crippen LogP contribution in [0, 0.1) is 11.8 Å². The molecule has 2 nitrogen and oxygen atoms in total. The van der Waals surface area contributed by atoms with Gasteiger partial charge in [0.05, 0.1) is 0 Å². The molecule has 0 radical (unpaired) electrons. The lowest BCUT2D eigenvalue weighted by atomic mass is 9.82. The van der Waals surface area contributed by atoms with E-state index in [0.29, 0.717) is 12.8 Å². The third kappa shape index (κ3) is 2.78. The second-order valence-electron chi connectivity index (χ2n) is 5.01. The van der Waals surface area contributed by atoms with Crippen molar-refractivity contribution >= 4 is 5.78 Å². The van der Waals surface area contributed by atoms with Crippen LogP contribution in [0.5, 0.6) is 0 Å². The van der Waals surface area contributed by atoms with E-state index in [9.17, 15) is 18.7 Å². The quantitative estimate of drug-likeness (QED) is 0.812. The standard InChI is InChI=1S/C12H20F2O2/c1-8(2)10(15)12(13,14)11(16)9-6-4-3-5-7-9/h8-10,15H,3-7H2,1-2H3. The number of rotatable bonds is 4. The van der Waals surface area contributed by atoms with Crippen LogP contribution < -0.4 is 0 Å². The predicted molar refractivity (Wildman–Crippen MR) is 57.4 cm³/mol. The normalized spacial score (nSPS) is 21.1. The SMILES string of the molecule is CC(C)C(O)C(F)(F)C(=O)C1CCCCC1. The van der Waals surface area contributed by atoms with Gasteiger partial charge in [0, 0.05) is 5.92 Å². The maximum absolute atomic E-state index is 13.6. The first-order valence-electron chi connectivity index (χ1n) is 5.97. The summed E-state index contributed by atoms with van der Waals surface area (Å²) in [6.45, 7) is 2.99. The summed E-state index contributed by atoms with van der Waals surface area (Å²) in [6.07, 6.45) is 1.91. The molecule has 0 aromatic rings. The molecule has 1 N–H and O–H groups in total. The second-order valence-corrected chi connectivity index (χ2v) is 5.01. The molecule has 0 heterocycles. The number of ketones is 1. The Bertz CT molecular complexity index is 245. The lowest BCUT2D eigenvalue weighted by Gasteiger charge is -2.29. The average molecular weight is 234 g/mol. The summed E-state index contributed by atoms with van der Waals surface area (Å²) in [5, 5.41) is 9.38. The van der Waals surface area contributed by atoms with Crippen molar-refractivity contribution in [2.75, 3.05) is 0 Å². The average Bonchev–Trinajstić information content (AvgIpc) is 2.28. The van der Waals surface area contributed by atoms with Crippen molar-refractivity contribution in [1.29, 1.82) is 0 Å². The van der Waals surface area contributed by atoms with Gasteiger partial charge < -0.3 is 5.11 Å². The molecule has 0 aliphatic heterocycles. The van der Waals surface area contributed by atoms with Crippen molar-refractivity contribution < 1.29 is 18.7 Å². The van der Waals surface area contributed by atoms with Gasteiger partial charge in [0.1, 0.15) is 6.10 Å². The van der Waals surface area contributed by atoms with Gasteiger partial charge in [0.25, 0.3) is 0 Å². The molecule has 4 heteroatoms. The van der Waals surface area contributed by atoms with Crippen LogP contribution in [0.3, 0.4) is 0 Å². The number of alkyl halides is 2. The molecule has 1 aliphatic carbocycles. The molecule has 94 valence electrons. The maximum atomic E-state index is 13.6. The fourth-order valence-electron chi connectivity index (χ4n) is 2.20.